The van der Waals surface area contributed by atoms with E-state index in [9.17, 15) is 25.5 Å². The lowest BCUT2D eigenvalue weighted by Crippen LogP contribution is -2.67. The molecule has 2 aliphatic rings. The Hall–Kier alpha value is -0.440. The van der Waals surface area contributed by atoms with Crippen molar-refractivity contribution in [1.82, 2.24) is 0 Å². The summed E-state index contributed by atoms with van der Waals surface area (Å²) >= 11 is 0. The summed E-state index contributed by atoms with van der Waals surface area (Å²) in [5.74, 6) is 0. The Morgan fingerprint density at radius 2 is 1.48 bits per heavy atom. The maximum Gasteiger partial charge on any atom is 0.187 e. The van der Waals surface area contributed by atoms with Gasteiger partial charge in [0.2, 0.25) is 0 Å². The highest BCUT2D eigenvalue weighted by molar-refractivity contribution is 4.96. The second-order valence-electron chi connectivity index (χ2n) is 7.87. The van der Waals surface area contributed by atoms with Gasteiger partial charge in [-0.2, -0.15) is 0 Å². The first-order valence-corrected chi connectivity index (χ1v) is 8.93. The zero-order valence-electron chi connectivity index (χ0n) is 15.7. The van der Waals surface area contributed by atoms with E-state index in [1.807, 2.05) is 20.8 Å². The van der Waals surface area contributed by atoms with E-state index in [-0.39, 0.29) is 6.54 Å². The summed E-state index contributed by atoms with van der Waals surface area (Å²) in [5, 5.41) is 49.7. The van der Waals surface area contributed by atoms with E-state index in [0.29, 0.717) is 0 Å². The highest BCUT2D eigenvalue weighted by atomic mass is 16.7. The van der Waals surface area contributed by atoms with Gasteiger partial charge in [0.05, 0.1) is 18.2 Å². The lowest BCUT2D eigenvalue weighted by atomic mass is 9.95. The molecule has 160 valence electrons. The van der Waals surface area contributed by atoms with Crippen LogP contribution < -0.4 is 11.5 Å². The normalized spacial score (nSPS) is 46.4. The van der Waals surface area contributed by atoms with Crippen LogP contribution in [0, 0.1) is 0 Å². The molecular formula is C16H32N2O9. The molecule has 0 spiro atoms. The molecular weight excluding hydrogens is 364 g/mol. The molecule has 9 N–H and O–H groups in total. The van der Waals surface area contributed by atoms with Crippen molar-refractivity contribution in [3.8, 4) is 0 Å². The standard InChI is InChI=1S/C16H32N2O9/c1-16(2,3)27-14-8(18)10(21)13(6(4-17)24-14)26-15-12(23)11(22)9(20)7(5-19)25-15/h6-15,19-23H,4-5,17-18H2,1-3H3. The molecule has 27 heavy (non-hydrogen) atoms. The van der Waals surface area contributed by atoms with Crippen LogP contribution in [0.4, 0.5) is 0 Å². The maximum absolute atomic E-state index is 10.6. The molecule has 0 aliphatic carbocycles. The Kier molecular flexibility index (Phi) is 7.55. The molecule has 0 aromatic heterocycles. The molecule has 10 atom stereocenters. The third-order valence-electron chi connectivity index (χ3n) is 4.56. The van der Waals surface area contributed by atoms with E-state index < -0.39 is 73.6 Å². The second kappa shape index (κ2) is 8.93. The number of hydrogen-bond acceptors (Lipinski definition) is 11. The van der Waals surface area contributed by atoms with E-state index >= 15 is 0 Å². The number of hydrogen-bond donors (Lipinski definition) is 7. The first-order chi connectivity index (χ1) is 12.5. The lowest BCUT2D eigenvalue weighted by molar-refractivity contribution is -0.349. The molecule has 2 heterocycles. The zero-order valence-corrected chi connectivity index (χ0v) is 15.7. The minimum atomic E-state index is -1.62. The van der Waals surface area contributed by atoms with E-state index in [1.165, 1.54) is 0 Å². The molecule has 10 unspecified atom stereocenters. The van der Waals surface area contributed by atoms with Gasteiger partial charge in [0, 0.05) is 6.54 Å². The highest BCUT2D eigenvalue weighted by Crippen LogP contribution is 2.30. The fourth-order valence-electron chi connectivity index (χ4n) is 3.09. The molecule has 0 bridgehead atoms. The fraction of sp³-hybridized carbons (Fsp3) is 1.00. The zero-order chi connectivity index (χ0) is 20.5. The van der Waals surface area contributed by atoms with Crippen LogP contribution in [0.3, 0.4) is 0 Å². The van der Waals surface area contributed by atoms with Crippen molar-refractivity contribution in [3.05, 3.63) is 0 Å². The van der Waals surface area contributed by atoms with Crippen LogP contribution in [0.5, 0.6) is 0 Å². The van der Waals surface area contributed by atoms with Crippen LogP contribution in [-0.4, -0.2) is 106 Å². The van der Waals surface area contributed by atoms with Crippen LogP contribution >= 0.6 is 0 Å². The van der Waals surface area contributed by atoms with Gasteiger partial charge in [0.1, 0.15) is 42.7 Å². The van der Waals surface area contributed by atoms with Crippen molar-refractivity contribution in [2.24, 2.45) is 11.5 Å². The molecule has 0 radical (unpaired) electrons. The molecule has 2 aliphatic heterocycles. The Labute approximate surface area is 157 Å². The Morgan fingerprint density at radius 3 is 2.00 bits per heavy atom. The molecule has 11 heteroatoms. The summed E-state index contributed by atoms with van der Waals surface area (Å²) in [6.45, 7) is 4.78. The second-order valence-corrected chi connectivity index (χ2v) is 7.87. The van der Waals surface area contributed by atoms with E-state index in [1.54, 1.807) is 0 Å². The Balaban J connectivity index is 2.12. The minimum Gasteiger partial charge on any atom is -0.394 e. The van der Waals surface area contributed by atoms with Crippen molar-refractivity contribution >= 4 is 0 Å². The monoisotopic (exact) mass is 396 g/mol. The summed E-state index contributed by atoms with van der Waals surface area (Å²) in [6.07, 6.45) is -11.4. The lowest BCUT2D eigenvalue weighted by Gasteiger charge is -2.47. The first kappa shape index (κ1) is 22.8. The van der Waals surface area contributed by atoms with Crippen molar-refractivity contribution in [2.75, 3.05) is 13.2 Å². The van der Waals surface area contributed by atoms with E-state index in [0.717, 1.165) is 0 Å². The summed E-state index contributed by atoms with van der Waals surface area (Å²) in [5.41, 5.74) is 11.2. The van der Waals surface area contributed by atoms with Crippen molar-refractivity contribution in [2.45, 2.75) is 87.7 Å². The van der Waals surface area contributed by atoms with Gasteiger partial charge >= 0.3 is 0 Å². The predicted octanol–water partition coefficient (Wildman–Crippen LogP) is -3.64. The van der Waals surface area contributed by atoms with Crippen LogP contribution in [0.1, 0.15) is 20.8 Å². The SMILES string of the molecule is CC(C)(C)OC1OC(CN)C(OC2OC(CO)C(O)C(O)C2O)C(O)C1N. The van der Waals surface area contributed by atoms with Crippen LogP contribution in [-0.2, 0) is 18.9 Å². The first-order valence-electron chi connectivity index (χ1n) is 8.93. The Morgan fingerprint density at radius 1 is 0.889 bits per heavy atom. The number of rotatable bonds is 5. The number of aliphatic hydroxyl groups is 5. The van der Waals surface area contributed by atoms with Crippen molar-refractivity contribution in [3.63, 3.8) is 0 Å². The molecule has 0 saturated carbocycles. The maximum atomic E-state index is 10.6. The van der Waals surface area contributed by atoms with Crippen LogP contribution in [0.2, 0.25) is 0 Å². The summed E-state index contributed by atoms with van der Waals surface area (Å²) in [4.78, 5) is 0. The summed E-state index contributed by atoms with van der Waals surface area (Å²) in [7, 11) is 0. The molecule has 11 nitrogen and oxygen atoms in total. The van der Waals surface area contributed by atoms with Gasteiger partial charge in [-0.05, 0) is 20.8 Å². The molecule has 2 rings (SSSR count). The predicted molar refractivity (Wildman–Crippen MR) is 91.2 cm³/mol. The number of nitrogens with two attached hydrogens (primary N) is 2. The number of aliphatic hydroxyl groups excluding tert-OH is 5. The third kappa shape index (κ3) is 5.14. The fourth-order valence-corrected chi connectivity index (χ4v) is 3.09. The Bertz CT molecular complexity index is 473. The quantitative estimate of drug-likeness (QED) is 0.243. The van der Waals surface area contributed by atoms with Crippen molar-refractivity contribution < 1.29 is 44.5 Å². The van der Waals surface area contributed by atoms with E-state index in [4.69, 9.17) is 30.4 Å². The van der Waals surface area contributed by atoms with Gasteiger partial charge in [-0.15, -0.1) is 0 Å². The summed E-state index contributed by atoms with van der Waals surface area (Å²) in [6, 6.07) is -0.970. The molecule has 0 aromatic carbocycles. The van der Waals surface area contributed by atoms with Gasteiger partial charge in [-0.3, -0.25) is 0 Å². The molecule has 0 amide bonds. The highest BCUT2D eigenvalue weighted by Gasteiger charge is 2.50. The van der Waals surface area contributed by atoms with Gasteiger partial charge < -0.3 is 55.9 Å². The average Bonchev–Trinajstić information content (AvgIpc) is 2.60. The van der Waals surface area contributed by atoms with Gasteiger partial charge in [0.25, 0.3) is 0 Å². The van der Waals surface area contributed by atoms with Gasteiger partial charge in [0.15, 0.2) is 12.6 Å². The summed E-state index contributed by atoms with van der Waals surface area (Å²) < 4.78 is 22.4. The van der Waals surface area contributed by atoms with Gasteiger partial charge in [-0.25, -0.2) is 0 Å². The van der Waals surface area contributed by atoms with Crippen molar-refractivity contribution in [1.29, 1.82) is 0 Å². The number of ether oxygens (including phenoxy) is 4. The van der Waals surface area contributed by atoms with Crippen LogP contribution in [0.15, 0.2) is 0 Å². The van der Waals surface area contributed by atoms with Crippen LogP contribution in [0.25, 0.3) is 0 Å². The average molecular weight is 396 g/mol. The largest absolute Gasteiger partial charge is 0.394 e. The topological polar surface area (TPSA) is 190 Å². The third-order valence-corrected chi connectivity index (χ3v) is 4.56. The minimum absolute atomic E-state index is 0.0458. The molecule has 2 saturated heterocycles. The molecule has 0 aromatic rings. The molecule has 2 fully saturated rings. The smallest absolute Gasteiger partial charge is 0.187 e. The van der Waals surface area contributed by atoms with E-state index in [2.05, 4.69) is 0 Å². The van der Waals surface area contributed by atoms with Gasteiger partial charge in [-0.1, -0.05) is 0 Å².